The number of methoxy groups -OCH3 is 1. The third-order valence-electron chi connectivity index (χ3n) is 7.95. The summed E-state index contributed by atoms with van der Waals surface area (Å²) in [5.41, 5.74) is -0.978. The zero-order valence-corrected chi connectivity index (χ0v) is 20.0. The van der Waals surface area contributed by atoms with Crippen molar-refractivity contribution in [1.29, 1.82) is 0 Å². The number of carbonyl (C=O) groups is 1. The maximum absolute atomic E-state index is 13.8. The average molecular weight is 486 g/mol. The summed E-state index contributed by atoms with van der Waals surface area (Å²) >= 11 is 0. The number of hydrogen-bond acceptors (Lipinski definition) is 5. The number of carbonyl (C=O) groups excluding carboxylic acids is 1. The standard InChI is InChI=1S/C24H34F3N3O4/c1-15(2)23(7-4-18(11-23)28-19-6-9-34-14-21(19)33-3)22(31)29-8-5-20-16(12-29)10-17(13-30(20)32)24(25,26)27/h10,13,15,18-19,21,28H,4-9,11-12,14H2,1-3H3/t18-,19+,21+,23+/m1/s1. The van der Waals surface area contributed by atoms with Crippen molar-refractivity contribution in [3.8, 4) is 0 Å². The summed E-state index contributed by atoms with van der Waals surface area (Å²) in [5.74, 6) is 0.0506. The molecular weight excluding hydrogens is 451 g/mol. The fourth-order valence-corrected chi connectivity index (χ4v) is 5.85. The maximum atomic E-state index is 13.8. The zero-order chi connectivity index (χ0) is 24.7. The van der Waals surface area contributed by atoms with Gasteiger partial charge in [-0.05, 0) is 37.7 Å². The van der Waals surface area contributed by atoms with E-state index in [0.29, 0.717) is 42.8 Å². The van der Waals surface area contributed by atoms with Crippen LogP contribution in [0, 0.1) is 16.5 Å². The number of amides is 1. The van der Waals surface area contributed by atoms with E-state index in [2.05, 4.69) is 5.32 Å². The number of nitrogens with one attached hydrogen (secondary N) is 1. The minimum absolute atomic E-state index is 0.0254. The first kappa shape index (κ1) is 25.2. The molecule has 3 heterocycles. The summed E-state index contributed by atoms with van der Waals surface area (Å²) in [6.45, 7) is 5.65. The molecule has 1 amide bonds. The molecule has 3 aliphatic rings. The van der Waals surface area contributed by atoms with Crippen LogP contribution in [0.3, 0.4) is 0 Å². The number of pyridine rings is 1. The van der Waals surface area contributed by atoms with Crippen molar-refractivity contribution in [2.75, 3.05) is 26.9 Å². The SMILES string of the molecule is CO[C@H]1COCC[C@@H]1N[C@@H]1CC[C@@](C(=O)N2CCc3c(cc(C(F)(F)F)c[n+]3[O-])C2)(C(C)C)C1. The van der Waals surface area contributed by atoms with Gasteiger partial charge >= 0.3 is 6.18 Å². The quantitative estimate of drug-likeness (QED) is 0.513. The molecule has 4 atom stereocenters. The number of hydrogen-bond donors (Lipinski definition) is 1. The van der Waals surface area contributed by atoms with Crippen molar-refractivity contribution in [3.05, 3.63) is 34.3 Å². The largest absolute Gasteiger partial charge is 0.618 e. The van der Waals surface area contributed by atoms with Crippen LogP contribution in [0.4, 0.5) is 13.2 Å². The minimum atomic E-state index is -4.61. The summed E-state index contributed by atoms with van der Waals surface area (Å²) in [6.07, 6.45) is -0.725. The summed E-state index contributed by atoms with van der Waals surface area (Å²) < 4.78 is 51.1. The summed E-state index contributed by atoms with van der Waals surface area (Å²) in [7, 11) is 1.68. The molecule has 0 bridgehead atoms. The normalized spacial score (nSPS) is 30.0. The third-order valence-corrected chi connectivity index (χ3v) is 7.95. The lowest BCUT2D eigenvalue weighted by Gasteiger charge is -2.39. The second-order valence-electron chi connectivity index (χ2n) is 10.2. The lowest BCUT2D eigenvalue weighted by Crippen LogP contribution is -2.52. The van der Waals surface area contributed by atoms with Gasteiger partial charge in [0.1, 0.15) is 5.56 Å². The Labute approximate surface area is 198 Å². The summed E-state index contributed by atoms with van der Waals surface area (Å²) in [4.78, 5) is 15.5. The first-order chi connectivity index (χ1) is 16.0. The molecule has 0 aromatic carbocycles. The smallest absolute Gasteiger partial charge is 0.422 e. The fourth-order valence-electron chi connectivity index (χ4n) is 5.85. The molecule has 0 radical (unpaired) electrons. The Hall–Kier alpha value is -1.91. The number of halogens is 3. The Kier molecular flexibility index (Phi) is 7.13. The van der Waals surface area contributed by atoms with E-state index >= 15 is 0 Å². The maximum Gasteiger partial charge on any atom is 0.422 e. The number of rotatable bonds is 5. The van der Waals surface area contributed by atoms with Gasteiger partial charge in [-0.2, -0.15) is 17.9 Å². The van der Waals surface area contributed by atoms with E-state index in [-0.39, 0.29) is 48.5 Å². The number of ether oxygens (including phenoxy) is 2. The van der Waals surface area contributed by atoms with Gasteiger partial charge in [-0.1, -0.05) is 13.8 Å². The zero-order valence-electron chi connectivity index (χ0n) is 20.0. The summed E-state index contributed by atoms with van der Waals surface area (Å²) in [5, 5.41) is 15.9. The Morgan fingerprint density at radius 3 is 2.82 bits per heavy atom. The molecule has 0 unspecified atom stereocenters. The van der Waals surface area contributed by atoms with Crippen LogP contribution >= 0.6 is 0 Å². The molecule has 1 aromatic heterocycles. The van der Waals surface area contributed by atoms with Gasteiger partial charge in [0.05, 0.1) is 31.1 Å². The predicted octanol–water partition coefficient (Wildman–Crippen LogP) is 2.81. The molecule has 34 heavy (non-hydrogen) atoms. The average Bonchev–Trinajstić information content (AvgIpc) is 3.23. The van der Waals surface area contributed by atoms with Gasteiger partial charge in [0, 0.05) is 37.9 Å². The highest BCUT2D eigenvalue weighted by atomic mass is 19.4. The Balaban J connectivity index is 1.50. The second kappa shape index (κ2) is 9.62. The first-order valence-electron chi connectivity index (χ1n) is 12.0. The summed E-state index contributed by atoms with van der Waals surface area (Å²) in [6, 6.07) is 1.34. The first-order valence-corrected chi connectivity index (χ1v) is 12.0. The molecule has 190 valence electrons. The van der Waals surface area contributed by atoms with Crippen LogP contribution in [0.25, 0.3) is 0 Å². The Morgan fingerprint density at radius 1 is 1.38 bits per heavy atom. The molecule has 1 aromatic rings. The topological polar surface area (TPSA) is 77.7 Å². The van der Waals surface area contributed by atoms with Crippen LogP contribution in [-0.2, 0) is 33.4 Å². The Bertz CT molecular complexity index is 910. The number of nitrogens with zero attached hydrogens (tertiary/aromatic N) is 2. The lowest BCUT2D eigenvalue weighted by atomic mass is 9.74. The molecule has 1 saturated carbocycles. The van der Waals surface area contributed by atoms with Gasteiger partial charge in [-0.25, -0.2) is 0 Å². The van der Waals surface area contributed by atoms with Crippen molar-refractivity contribution >= 4 is 5.91 Å². The van der Waals surface area contributed by atoms with Crippen molar-refractivity contribution in [1.82, 2.24) is 10.2 Å². The molecule has 1 aliphatic carbocycles. The van der Waals surface area contributed by atoms with Crippen LogP contribution in [0.2, 0.25) is 0 Å². The van der Waals surface area contributed by atoms with Gasteiger partial charge in [0.25, 0.3) is 0 Å². The predicted molar refractivity (Wildman–Crippen MR) is 118 cm³/mol. The van der Waals surface area contributed by atoms with Crippen molar-refractivity contribution in [2.45, 2.75) is 76.9 Å². The van der Waals surface area contributed by atoms with Crippen molar-refractivity contribution in [3.63, 3.8) is 0 Å². The molecular formula is C24H34F3N3O4. The molecule has 1 N–H and O–H groups in total. The van der Waals surface area contributed by atoms with E-state index in [1.54, 1.807) is 12.0 Å². The third kappa shape index (κ3) is 4.77. The fraction of sp³-hybridized carbons (Fsp3) is 0.750. The number of alkyl halides is 3. The molecule has 2 fully saturated rings. The highest BCUT2D eigenvalue weighted by Crippen LogP contribution is 2.47. The van der Waals surface area contributed by atoms with E-state index < -0.39 is 17.2 Å². The van der Waals surface area contributed by atoms with Gasteiger partial charge in [-0.3, -0.25) is 4.79 Å². The van der Waals surface area contributed by atoms with Gasteiger partial charge in [0.2, 0.25) is 5.91 Å². The monoisotopic (exact) mass is 485 g/mol. The molecule has 2 aliphatic heterocycles. The van der Waals surface area contributed by atoms with E-state index in [0.717, 1.165) is 25.3 Å². The molecule has 10 heteroatoms. The Morgan fingerprint density at radius 2 is 2.15 bits per heavy atom. The molecule has 4 rings (SSSR count). The van der Waals surface area contributed by atoms with Gasteiger partial charge in [0.15, 0.2) is 11.9 Å². The van der Waals surface area contributed by atoms with Crippen LogP contribution in [0.5, 0.6) is 0 Å². The van der Waals surface area contributed by atoms with Crippen molar-refractivity contribution in [2.24, 2.45) is 11.3 Å². The lowest BCUT2D eigenvalue weighted by molar-refractivity contribution is -0.616. The van der Waals surface area contributed by atoms with Crippen molar-refractivity contribution < 1.29 is 32.2 Å². The molecule has 1 saturated heterocycles. The van der Waals surface area contributed by atoms with E-state index in [1.165, 1.54) is 0 Å². The van der Waals surface area contributed by atoms with E-state index in [9.17, 15) is 23.2 Å². The van der Waals surface area contributed by atoms with Crippen LogP contribution in [-0.4, -0.2) is 55.9 Å². The highest BCUT2D eigenvalue weighted by molar-refractivity contribution is 5.83. The van der Waals surface area contributed by atoms with Crippen LogP contribution < -0.4 is 10.0 Å². The molecule has 0 spiro atoms. The number of aromatic nitrogens is 1. The molecule has 7 nitrogen and oxygen atoms in total. The van der Waals surface area contributed by atoms with Gasteiger partial charge in [-0.15, -0.1) is 0 Å². The van der Waals surface area contributed by atoms with E-state index in [4.69, 9.17) is 9.47 Å². The highest BCUT2D eigenvalue weighted by Gasteiger charge is 2.50. The second-order valence-corrected chi connectivity index (χ2v) is 10.2. The van der Waals surface area contributed by atoms with Crippen LogP contribution in [0.15, 0.2) is 12.3 Å². The van der Waals surface area contributed by atoms with Gasteiger partial charge < -0.3 is 24.9 Å². The van der Waals surface area contributed by atoms with E-state index in [1.807, 2.05) is 13.8 Å². The minimum Gasteiger partial charge on any atom is -0.618 e. The number of fused-ring (bicyclic) bond motifs is 1. The van der Waals surface area contributed by atoms with Crippen LogP contribution in [0.1, 0.15) is 56.4 Å².